The molecule has 1 aliphatic heterocycles. The van der Waals surface area contributed by atoms with Crippen LogP contribution in [0.15, 0.2) is 0 Å². The Hall–Kier alpha value is -0.610. The van der Waals surface area contributed by atoms with Crippen molar-refractivity contribution in [2.24, 2.45) is 5.92 Å². The number of piperidine rings is 1. The number of hydrogen-bond donors (Lipinski definition) is 2. The molecular weight excluding hydrogens is 228 g/mol. The normalized spacial score (nSPS) is 24.7. The standard InChI is InChI=1S/C14H26N2O2/c17-13(11-12-7-3-1-4-8-12)14(18)15-16-9-5-2-6-10-16/h12-13,17H,1-11H2,(H,15,18). The average molecular weight is 254 g/mol. The van der Waals surface area contributed by atoms with Crippen LogP contribution in [0.2, 0.25) is 0 Å². The fourth-order valence-electron chi connectivity index (χ4n) is 3.08. The van der Waals surface area contributed by atoms with Crippen molar-refractivity contribution in [3.63, 3.8) is 0 Å². The van der Waals surface area contributed by atoms with E-state index in [0.717, 1.165) is 25.9 Å². The monoisotopic (exact) mass is 254 g/mol. The van der Waals surface area contributed by atoms with Gasteiger partial charge >= 0.3 is 0 Å². The van der Waals surface area contributed by atoms with Gasteiger partial charge in [0.2, 0.25) is 0 Å². The van der Waals surface area contributed by atoms with Crippen molar-refractivity contribution in [2.75, 3.05) is 13.1 Å². The third-order valence-corrected chi connectivity index (χ3v) is 4.21. The topological polar surface area (TPSA) is 52.6 Å². The first-order valence-electron chi connectivity index (χ1n) is 7.49. The largest absolute Gasteiger partial charge is 0.383 e. The van der Waals surface area contributed by atoms with Crippen LogP contribution in [0, 0.1) is 5.92 Å². The van der Waals surface area contributed by atoms with Gasteiger partial charge in [0.1, 0.15) is 6.10 Å². The van der Waals surface area contributed by atoms with E-state index in [1.54, 1.807) is 0 Å². The number of rotatable bonds is 4. The molecule has 0 radical (unpaired) electrons. The van der Waals surface area contributed by atoms with Crippen LogP contribution >= 0.6 is 0 Å². The minimum Gasteiger partial charge on any atom is -0.383 e. The van der Waals surface area contributed by atoms with Crippen molar-refractivity contribution in [3.05, 3.63) is 0 Å². The molecule has 1 saturated heterocycles. The Morgan fingerprint density at radius 2 is 1.72 bits per heavy atom. The van der Waals surface area contributed by atoms with Crippen molar-refractivity contribution in [1.29, 1.82) is 0 Å². The van der Waals surface area contributed by atoms with Crippen molar-refractivity contribution < 1.29 is 9.90 Å². The molecule has 1 unspecified atom stereocenters. The van der Waals surface area contributed by atoms with Gasteiger partial charge in [-0.2, -0.15) is 0 Å². The number of hydrazine groups is 1. The van der Waals surface area contributed by atoms with E-state index in [4.69, 9.17) is 0 Å². The fourth-order valence-corrected chi connectivity index (χ4v) is 3.08. The molecule has 2 rings (SSSR count). The van der Waals surface area contributed by atoms with E-state index in [1.165, 1.54) is 38.5 Å². The summed E-state index contributed by atoms with van der Waals surface area (Å²) in [6.07, 6.45) is 9.51. The predicted molar refractivity (Wildman–Crippen MR) is 70.8 cm³/mol. The summed E-state index contributed by atoms with van der Waals surface area (Å²) in [7, 11) is 0. The Morgan fingerprint density at radius 3 is 2.39 bits per heavy atom. The zero-order valence-corrected chi connectivity index (χ0v) is 11.2. The van der Waals surface area contributed by atoms with Crippen molar-refractivity contribution in [2.45, 2.75) is 63.9 Å². The Labute approximate surface area is 110 Å². The summed E-state index contributed by atoms with van der Waals surface area (Å²) >= 11 is 0. The van der Waals surface area contributed by atoms with Gasteiger partial charge in [-0.05, 0) is 25.2 Å². The molecule has 2 N–H and O–H groups in total. The molecule has 0 bridgehead atoms. The van der Waals surface area contributed by atoms with E-state index in [0.29, 0.717) is 12.3 Å². The van der Waals surface area contributed by atoms with Crippen LogP contribution in [0.1, 0.15) is 57.8 Å². The Balaban J connectivity index is 1.69. The van der Waals surface area contributed by atoms with Crippen LogP contribution < -0.4 is 5.43 Å². The summed E-state index contributed by atoms with van der Waals surface area (Å²) in [6.45, 7) is 1.84. The number of hydrogen-bond acceptors (Lipinski definition) is 3. The molecule has 1 amide bonds. The lowest BCUT2D eigenvalue weighted by atomic mass is 9.85. The van der Waals surface area contributed by atoms with Crippen molar-refractivity contribution in [3.8, 4) is 0 Å². The quantitative estimate of drug-likeness (QED) is 0.805. The van der Waals surface area contributed by atoms with E-state index >= 15 is 0 Å². The molecule has 2 fully saturated rings. The molecule has 104 valence electrons. The SMILES string of the molecule is O=C(NN1CCCCC1)C(O)CC1CCCCC1. The Bertz CT molecular complexity index is 259. The highest BCUT2D eigenvalue weighted by molar-refractivity contribution is 5.79. The lowest BCUT2D eigenvalue weighted by Crippen LogP contribution is -2.49. The number of aliphatic hydroxyl groups is 1. The summed E-state index contributed by atoms with van der Waals surface area (Å²) < 4.78 is 0. The number of nitrogens with one attached hydrogen (secondary N) is 1. The van der Waals surface area contributed by atoms with Gasteiger partial charge in [-0.25, -0.2) is 5.01 Å². The fraction of sp³-hybridized carbons (Fsp3) is 0.929. The third kappa shape index (κ3) is 4.25. The number of amides is 1. The zero-order chi connectivity index (χ0) is 12.8. The number of nitrogens with zero attached hydrogens (tertiary/aromatic N) is 1. The third-order valence-electron chi connectivity index (χ3n) is 4.21. The van der Waals surface area contributed by atoms with Crippen molar-refractivity contribution in [1.82, 2.24) is 10.4 Å². The minimum absolute atomic E-state index is 0.206. The van der Waals surface area contributed by atoms with Gasteiger partial charge in [0.05, 0.1) is 0 Å². The Morgan fingerprint density at radius 1 is 1.11 bits per heavy atom. The molecule has 2 aliphatic rings. The number of carbonyl (C=O) groups is 1. The molecule has 4 heteroatoms. The summed E-state index contributed by atoms with van der Waals surface area (Å²) in [6, 6.07) is 0. The summed E-state index contributed by atoms with van der Waals surface area (Å²) in [5.74, 6) is 0.336. The van der Waals surface area contributed by atoms with Gasteiger partial charge in [-0.15, -0.1) is 0 Å². The molecule has 1 atom stereocenters. The van der Waals surface area contributed by atoms with E-state index in [2.05, 4.69) is 5.43 Å². The highest BCUT2D eigenvalue weighted by Crippen LogP contribution is 2.27. The molecule has 4 nitrogen and oxygen atoms in total. The first kappa shape index (κ1) is 13.8. The Kier molecular flexibility index (Phi) is 5.45. The summed E-state index contributed by atoms with van der Waals surface area (Å²) in [5, 5.41) is 11.9. The second kappa shape index (κ2) is 7.10. The van der Waals surface area contributed by atoms with Gasteiger partial charge < -0.3 is 5.11 Å². The molecule has 1 saturated carbocycles. The maximum Gasteiger partial charge on any atom is 0.263 e. The molecule has 0 aromatic rings. The van der Waals surface area contributed by atoms with Crippen LogP contribution in [0.5, 0.6) is 0 Å². The molecule has 1 heterocycles. The maximum absolute atomic E-state index is 11.9. The van der Waals surface area contributed by atoms with E-state index < -0.39 is 6.10 Å². The predicted octanol–water partition coefficient (Wildman–Crippen LogP) is 1.83. The van der Waals surface area contributed by atoms with Gasteiger partial charge in [-0.3, -0.25) is 10.2 Å². The first-order chi connectivity index (χ1) is 8.75. The van der Waals surface area contributed by atoms with Gasteiger partial charge in [0.15, 0.2) is 0 Å². The van der Waals surface area contributed by atoms with E-state index in [1.807, 2.05) is 5.01 Å². The second-order valence-corrected chi connectivity index (χ2v) is 5.78. The molecule has 0 spiro atoms. The van der Waals surface area contributed by atoms with Crippen LogP contribution in [-0.4, -0.2) is 35.2 Å². The molecule has 18 heavy (non-hydrogen) atoms. The second-order valence-electron chi connectivity index (χ2n) is 5.78. The van der Waals surface area contributed by atoms with Crippen LogP contribution in [0.3, 0.4) is 0 Å². The van der Waals surface area contributed by atoms with Crippen LogP contribution in [0.4, 0.5) is 0 Å². The lowest BCUT2D eigenvalue weighted by Gasteiger charge is -2.29. The highest BCUT2D eigenvalue weighted by Gasteiger charge is 2.23. The van der Waals surface area contributed by atoms with E-state index in [-0.39, 0.29) is 5.91 Å². The smallest absolute Gasteiger partial charge is 0.263 e. The maximum atomic E-state index is 11.9. The molecule has 0 aromatic heterocycles. The van der Waals surface area contributed by atoms with Crippen LogP contribution in [-0.2, 0) is 4.79 Å². The lowest BCUT2D eigenvalue weighted by molar-refractivity contribution is -0.135. The zero-order valence-electron chi connectivity index (χ0n) is 11.2. The summed E-state index contributed by atoms with van der Waals surface area (Å²) in [5.41, 5.74) is 2.85. The molecule has 1 aliphatic carbocycles. The van der Waals surface area contributed by atoms with Gasteiger partial charge in [-0.1, -0.05) is 38.5 Å². The van der Waals surface area contributed by atoms with Crippen molar-refractivity contribution >= 4 is 5.91 Å². The number of carbonyl (C=O) groups excluding carboxylic acids is 1. The van der Waals surface area contributed by atoms with Gasteiger partial charge in [0, 0.05) is 13.1 Å². The highest BCUT2D eigenvalue weighted by atomic mass is 16.3. The first-order valence-corrected chi connectivity index (χ1v) is 7.49. The minimum atomic E-state index is -0.824. The molecule has 0 aromatic carbocycles. The van der Waals surface area contributed by atoms with E-state index in [9.17, 15) is 9.90 Å². The molecular formula is C14H26N2O2. The summed E-state index contributed by atoms with van der Waals surface area (Å²) in [4.78, 5) is 11.9. The van der Waals surface area contributed by atoms with Gasteiger partial charge in [0.25, 0.3) is 5.91 Å². The average Bonchev–Trinajstić information content (AvgIpc) is 2.41. The number of aliphatic hydroxyl groups excluding tert-OH is 1. The van der Waals surface area contributed by atoms with Crippen LogP contribution in [0.25, 0.3) is 0 Å².